The van der Waals surface area contributed by atoms with Crippen molar-refractivity contribution in [3.05, 3.63) is 54.1 Å². The minimum Gasteiger partial charge on any atom is -0.492 e. The number of para-hydroxylation sites is 1. The van der Waals surface area contributed by atoms with Crippen LogP contribution < -0.4 is 20.3 Å². The van der Waals surface area contributed by atoms with Gasteiger partial charge in [0, 0.05) is 24.5 Å². The van der Waals surface area contributed by atoms with E-state index in [1.807, 2.05) is 42.5 Å². The zero-order chi connectivity index (χ0) is 22.3. The molecule has 0 aromatic heterocycles. The molecule has 0 radical (unpaired) electrons. The Kier molecular flexibility index (Phi) is 7.30. The van der Waals surface area contributed by atoms with Gasteiger partial charge in [-0.2, -0.15) is 0 Å². The van der Waals surface area contributed by atoms with Crippen LogP contribution in [0, 0.1) is 5.92 Å². The summed E-state index contributed by atoms with van der Waals surface area (Å²) >= 11 is 0. The zero-order valence-electron chi connectivity index (χ0n) is 18.8. The Hall–Kier alpha value is -3.02. The highest BCUT2D eigenvalue weighted by atomic mass is 16.5. The molecule has 6 nitrogen and oxygen atoms in total. The predicted molar refractivity (Wildman–Crippen MR) is 127 cm³/mol. The molecule has 0 bridgehead atoms. The van der Waals surface area contributed by atoms with Crippen LogP contribution in [0.1, 0.15) is 44.6 Å². The number of hydrogen-bond acceptors (Lipinski definition) is 4. The summed E-state index contributed by atoms with van der Waals surface area (Å²) in [4.78, 5) is 28.4. The van der Waals surface area contributed by atoms with Gasteiger partial charge in [-0.15, -0.1) is 0 Å². The number of amides is 2. The summed E-state index contributed by atoms with van der Waals surface area (Å²) in [5.41, 5.74) is 2.93. The van der Waals surface area contributed by atoms with Crippen LogP contribution in [-0.4, -0.2) is 37.6 Å². The lowest BCUT2D eigenvalue weighted by atomic mass is 9.95. The molecule has 2 aliphatic rings. The number of fused-ring (bicyclic) bond motifs is 1. The first-order valence-electron chi connectivity index (χ1n) is 11.8. The number of ether oxygens (including phenoxy) is 1. The number of anilines is 2. The summed E-state index contributed by atoms with van der Waals surface area (Å²) in [5, 5.41) is 6.03. The van der Waals surface area contributed by atoms with E-state index >= 15 is 0 Å². The standard InChI is InChI=1S/C26H33N3O3/c1-2-3-12-23(28-25(30)20-16-19-9-4-5-13-24(19)32-18-20)26(31)27-21-10-8-11-22(17-21)29-14-6-7-15-29/h4-5,8-11,13,17,20,23H,2-3,6-7,12,14-16,18H2,1H3,(H,27,31)(H,28,30). The molecule has 1 saturated heterocycles. The Morgan fingerprint density at radius 2 is 1.94 bits per heavy atom. The maximum Gasteiger partial charge on any atom is 0.246 e. The van der Waals surface area contributed by atoms with Crippen molar-refractivity contribution in [1.82, 2.24) is 5.32 Å². The van der Waals surface area contributed by atoms with Gasteiger partial charge in [0.2, 0.25) is 11.8 Å². The molecule has 0 spiro atoms. The molecule has 2 aromatic rings. The lowest BCUT2D eigenvalue weighted by molar-refractivity contribution is -0.130. The van der Waals surface area contributed by atoms with E-state index < -0.39 is 6.04 Å². The highest BCUT2D eigenvalue weighted by Crippen LogP contribution is 2.27. The summed E-state index contributed by atoms with van der Waals surface area (Å²) in [6.45, 7) is 4.53. The smallest absolute Gasteiger partial charge is 0.246 e. The van der Waals surface area contributed by atoms with Crippen molar-refractivity contribution in [3.63, 3.8) is 0 Å². The van der Waals surface area contributed by atoms with E-state index in [4.69, 9.17) is 4.74 Å². The van der Waals surface area contributed by atoms with E-state index in [2.05, 4.69) is 28.5 Å². The summed E-state index contributed by atoms with van der Waals surface area (Å²) in [6, 6.07) is 15.2. The van der Waals surface area contributed by atoms with E-state index in [0.717, 1.165) is 48.6 Å². The van der Waals surface area contributed by atoms with Crippen LogP contribution in [-0.2, 0) is 16.0 Å². The second-order valence-corrected chi connectivity index (χ2v) is 8.76. The Labute approximate surface area is 190 Å². The fourth-order valence-corrected chi connectivity index (χ4v) is 4.45. The minimum absolute atomic E-state index is 0.124. The van der Waals surface area contributed by atoms with Gasteiger partial charge in [-0.05, 0) is 55.5 Å². The van der Waals surface area contributed by atoms with Crippen LogP contribution in [0.15, 0.2) is 48.5 Å². The van der Waals surface area contributed by atoms with Crippen molar-refractivity contribution in [2.24, 2.45) is 5.92 Å². The number of benzene rings is 2. The number of rotatable bonds is 8. The van der Waals surface area contributed by atoms with Crippen molar-refractivity contribution < 1.29 is 14.3 Å². The molecule has 1 fully saturated rings. The van der Waals surface area contributed by atoms with E-state index in [1.54, 1.807) is 0 Å². The molecule has 2 unspecified atom stereocenters. The summed E-state index contributed by atoms with van der Waals surface area (Å²) in [7, 11) is 0. The molecule has 2 atom stereocenters. The molecule has 170 valence electrons. The van der Waals surface area contributed by atoms with Gasteiger partial charge < -0.3 is 20.3 Å². The fourth-order valence-electron chi connectivity index (χ4n) is 4.45. The van der Waals surface area contributed by atoms with Gasteiger partial charge in [0.05, 0.1) is 5.92 Å². The van der Waals surface area contributed by atoms with Gasteiger partial charge in [-0.25, -0.2) is 0 Å². The van der Waals surface area contributed by atoms with Crippen LogP contribution in [0.4, 0.5) is 11.4 Å². The Morgan fingerprint density at radius 3 is 2.75 bits per heavy atom. The monoisotopic (exact) mass is 435 g/mol. The van der Waals surface area contributed by atoms with Crippen molar-refractivity contribution in [1.29, 1.82) is 0 Å². The molecule has 2 N–H and O–H groups in total. The minimum atomic E-state index is -0.560. The Morgan fingerprint density at radius 1 is 1.12 bits per heavy atom. The van der Waals surface area contributed by atoms with Crippen molar-refractivity contribution in [3.8, 4) is 5.75 Å². The molecule has 2 aliphatic heterocycles. The number of nitrogens with one attached hydrogen (secondary N) is 2. The van der Waals surface area contributed by atoms with Crippen LogP contribution in [0.25, 0.3) is 0 Å². The largest absolute Gasteiger partial charge is 0.492 e. The molecule has 2 aromatic carbocycles. The second kappa shape index (κ2) is 10.5. The molecule has 0 saturated carbocycles. The Bertz CT molecular complexity index is 939. The molecule has 2 amide bonds. The third kappa shape index (κ3) is 5.42. The third-order valence-electron chi connectivity index (χ3n) is 6.31. The quantitative estimate of drug-likeness (QED) is 0.653. The van der Waals surface area contributed by atoms with Gasteiger partial charge in [-0.1, -0.05) is 44.0 Å². The van der Waals surface area contributed by atoms with Crippen molar-refractivity contribution >= 4 is 23.2 Å². The first kappa shape index (κ1) is 22.2. The average Bonchev–Trinajstić information content (AvgIpc) is 3.36. The number of carbonyl (C=O) groups excluding carboxylic acids is 2. The molecular formula is C26H33N3O3. The fraction of sp³-hybridized carbons (Fsp3) is 0.462. The van der Waals surface area contributed by atoms with Crippen LogP contribution in [0.2, 0.25) is 0 Å². The Balaban J connectivity index is 1.40. The van der Waals surface area contributed by atoms with E-state index in [9.17, 15) is 9.59 Å². The normalized spacial score (nSPS) is 18.4. The number of hydrogen-bond donors (Lipinski definition) is 2. The molecule has 4 rings (SSSR count). The number of nitrogens with zero attached hydrogens (tertiary/aromatic N) is 1. The lowest BCUT2D eigenvalue weighted by Crippen LogP contribution is -2.48. The van der Waals surface area contributed by atoms with Gasteiger partial charge >= 0.3 is 0 Å². The molecule has 32 heavy (non-hydrogen) atoms. The summed E-state index contributed by atoms with van der Waals surface area (Å²) in [5.74, 6) is 0.263. The maximum absolute atomic E-state index is 13.1. The van der Waals surface area contributed by atoms with Gasteiger partial charge in [-0.3, -0.25) is 9.59 Å². The van der Waals surface area contributed by atoms with Gasteiger partial charge in [0.1, 0.15) is 18.4 Å². The molecule has 2 heterocycles. The second-order valence-electron chi connectivity index (χ2n) is 8.76. The highest BCUT2D eigenvalue weighted by Gasteiger charge is 2.29. The SMILES string of the molecule is CCCCC(NC(=O)C1COc2ccccc2C1)C(=O)Nc1cccc(N2CCCC2)c1. The van der Waals surface area contributed by atoms with Crippen molar-refractivity contribution in [2.75, 3.05) is 29.9 Å². The molecular weight excluding hydrogens is 402 g/mol. The third-order valence-corrected chi connectivity index (χ3v) is 6.31. The first-order valence-corrected chi connectivity index (χ1v) is 11.8. The maximum atomic E-state index is 13.1. The van der Waals surface area contributed by atoms with Gasteiger partial charge in [0.25, 0.3) is 0 Å². The average molecular weight is 436 g/mol. The summed E-state index contributed by atoms with van der Waals surface area (Å²) < 4.78 is 5.77. The van der Waals surface area contributed by atoms with Crippen LogP contribution in [0.3, 0.4) is 0 Å². The summed E-state index contributed by atoms with van der Waals surface area (Å²) in [6.07, 6.45) is 5.49. The lowest BCUT2D eigenvalue weighted by Gasteiger charge is -2.26. The predicted octanol–water partition coefficient (Wildman–Crippen LogP) is 4.15. The first-order chi connectivity index (χ1) is 15.6. The molecule has 6 heteroatoms. The van der Waals surface area contributed by atoms with Crippen LogP contribution in [0.5, 0.6) is 5.75 Å². The van der Waals surface area contributed by atoms with Gasteiger partial charge in [0.15, 0.2) is 0 Å². The van der Waals surface area contributed by atoms with E-state index in [-0.39, 0.29) is 17.7 Å². The number of unbranched alkanes of at least 4 members (excludes halogenated alkanes) is 1. The van der Waals surface area contributed by atoms with E-state index in [1.165, 1.54) is 12.8 Å². The highest BCUT2D eigenvalue weighted by molar-refractivity contribution is 5.97. The van der Waals surface area contributed by atoms with Crippen LogP contribution >= 0.6 is 0 Å². The molecule has 0 aliphatic carbocycles. The zero-order valence-corrected chi connectivity index (χ0v) is 18.8. The van der Waals surface area contributed by atoms with E-state index in [0.29, 0.717) is 19.4 Å². The number of carbonyl (C=O) groups is 2. The topological polar surface area (TPSA) is 70.7 Å². The van der Waals surface area contributed by atoms with Crippen molar-refractivity contribution in [2.45, 2.75) is 51.5 Å².